The quantitative estimate of drug-likeness (QED) is 0.467. The van der Waals surface area contributed by atoms with Gasteiger partial charge in [0.05, 0.1) is 5.54 Å². The number of nitrogens with zero attached hydrogens (tertiary/aromatic N) is 1. The summed E-state index contributed by atoms with van der Waals surface area (Å²) in [5.41, 5.74) is 0.558. The highest BCUT2D eigenvalue weighted by Gasteiger charge is 2.18. The molecule has 68 valence electrons. The second-order valence-electron chi connectivity index (χ2n) is 3.27. The summed E-state index contributed by atoms with van der Waals surface area (Å²) < 4.78 is 1.17. The zero-order valence-electron chi connectivity index (χ0n) is 7.54. The van der Waals surface area contributed by atoms with Crippen LogP contribution in [0.2, 0.25) is 0 Å². The Kier molecular flexibility index (Phi) is 3.22. The molecule has 1 aromatic rings. The monoisotopic (exact) mass is 287 g/mol. The Morgan fingerprint density at radius 1 is 1.31 bits per heavy atom. The van der Waals surface area contributed by atoms with Crippen molar-refractivity contribution < 1.29 is 4.79 Å². The predicted molar refractivity (Wildman–Crippen MR) is 60.3 cm³/mol. The Balaban J connectivity index is 3.07. The lowest BCUT2D eigenvalue weighted by atomic mass is 9.95. The molecule has 0 atom stereocenters. The third kappa shape index (κ3) is 2.64. The topological polar surface area (TPSA) is 29.4 Å². The van der Waals surface area contributed by atoms with E-state index in [0.29, 0.717) is 0 Å². The molecule has 0 bridgehead atoms. The molecule has 0 N–H and O–H groups in total. The lowest BCUT2D eigenvalue weighted by Gasteiger charge is -2.17. The molecule has 1 aromatic carbocycles. The molecule has 0 spiro atoms. The summed E-state index contributed by atoms with van der Waals surface area (Å²) in [4.78, 5) is 13.9. The minimum absolute atomic E-state index is 0.466. The van der Waals surface area contributed by atoms with Crippen molar-refractivity contribution in [2.45, 2.75) is 19.4 Å². The van der Waals surface area contributed by atoms with Gasteiger partial charge in [0.25, 0.3) is 0 Å². The Morgan fingerprint density at radius 2 is 1.85 bits per heavy atom. The van der Waals surface area contributed by atoms with Gasteiger partial charge in [0.2, 0.25) is 6.08 Å². The van der Waals surface area contributed by atoms with Crippen LogP contribution in [-0.2, 0) is 10.3 Å². The highest BCUT2D eigenvalue weighted by molar-refractivity contribution is 14.1. The van der Waals surface area contributed by atoms with Crippen LogP contribution in [0.4, 0.5) is 0 Å². The largest absolute Gasteiger partial charge is 0.235 e. The van der Waals surface area contributed by atoms with E-state index in [1.807, 2.05) is 38.1 Å². The third-order valence-corrected chi connectivity index (χ3v) is 2.59. The van der Waals surface area contributed by atoms with Crippen LogP contribution in [0.3, 0.4) is 0 Å². The lowest BCUT2D eigenvalue weighted by molar-refractivity contribution is 0.523. The molecule has 0 radical (unpaired) electrons. The Hall–Kier alpha value is -0.670. The molecule has 0 fully saturated rings. The van der Waals surface area contributed by atoms with Crippen molar-refractivity contribution in [1.82, 2.24) is 0 Å². The first kappa shape index (κ1) is 10.4. The molecular weight excluding hydrogens is 277 g/mol. The van der Waals surface area contributed by atoms with E-state index in [-0.39, 0.29) is 0 Å². The van der Waals surface area contributed by atoms with Crippen molar-refractivity contribution in [3.05, 3.63) is 33.4 Å². The number of carbonyl (C=O) groups excluding carboxylic acids is 1. The van der Waals surface area contributed by atoms with Gasteiger partial charge in [-0.25, -0.2) is 4.79 Å². The minimum atomic E-state index is -0.466. The van der Waals surface area contributed by atoms with Crippen molar-refractivity contribution in [1.29, 1.82) is 0 Å². The van der Waals surface area contributed by atoms with Gasteiger partial charge in [-0.3, -0.25) is 0 Å². The second kappa shape index (κ2) is 4.03. The van der Waals surface area contributed by atoms with Crippen LogP contribution < -0.4 is 0 Å². The number of hydrogen-bond acceptors (Lipinski definition) is 2. The van der Waals surface area contributed by atoms with Crippen molar-refractivity contribution in [2.75, 3.05) is 0 Å². The highest BCUT2D eigenvalue weighted by Crippen LogP contribution is 2.24. The normalized spacial score (nSPS) is 10.7. The second-order valence-corrected chi connectivity index (χ2v) is 4.51. The summed E-state index contributed by atoms with van der Waals surface area (Å²) in [6, 6.07) is 7.95. The molecule has 0 heterocycles. The first-order chi connectivity index (χ1) is 6.06. The zero-order chi connectivity index (χ0) is 9.90. The fourth-order valence-electron chi connectivity index (χ4n) is 1.04. The van der Waals surface area contributed by atoms with Crippen molar-refractivity contribution >= 4 is 28.7 Å². The van der Waals surface area contributed by atoms with E-state index in [9.17, 15) is 4.79 Å². The van der Waals surface area contributed by atoms with Gasteiger partial charge in [-0.1, -0.05) is 12.1 Å². The van der Waals surface area contributed by atoms with Gasteiger partial charge in [-0.2, -0.15) is 4.99 Å². The summed E-state index contributed by atoms with van der Waals surface area (Å²) in [5.74, 6) is 0. The van der Waals surface area contributed by atoms with Gasteiger partial charge in [0.15, 0.2) is 0 Å². The number of benzene rings is 1. The van der Waals surface area contributed by atoms with E-state index in [1.165, 1.54) is 3.57 Å². The van der Waals surface area contributed by atoms with Crippen LogP contribution in [0.15, 0.2) is 29.3 Å². The standard InChI is InChI=1S/C10H10INO/c1-10(2,12-7-13)8-3-5-9(11)6-4-8/h3-6H,1-2H3. The molecular formula is C10H10INO. The molecule has 0 saturated carbocycles. The third-order valence-electron chi connectivity index (χ3n) is 1.88. The smallest absolute Gasteiger partial charge is 0.211 e. The van der Waals surface area contributed by atoms with E-state index < -0.39 is 5.54 Å². The minimum Gasteiger partial charge on any atom is -0.211 e. The SMILES string of the molecule is CC(C)(N=C=O)c1ccc(I)cc1. The molecule has 3 heteroatoms. The molecule has 0 amide bonds. The van der Waals surface area contributed by atoms with Gasteiger partial charge >= 0.3 is 0 Å². The fraction of sp³-hybridized carbons (Fsp3) is 0.300. The Morgan fingerprint density at radius 3 is 2.31 bits per heavy atom. The number of rotatable bonds is 2. The van der Waals surface area contributed by atoms with Crippen molar-refractivity contribution in [3.63, 3.8) is 0 Å². The Bertz CT molecular complexity index is 336. The van der Waals surface area contributed by atoms with Crippen LogP contribution >= 0.6 is 22.6 Å². The lowest BCUT2D eigenvalue weighted by Crippen LogP contribution is -2.13. The average Bonchev–Trinajstić information content (AvgIpc) is 2.05. The summed E-state index contributed by atoms with van der Waals surface area (Å²) in [7, 11) is 0. The van der Waals surface area contributed by atoms with Crippen molar-refractivity contribution in [3.8, 4) is 0 Å². The van der Waals surface area contributed by atoms with Gasteiger partial charge < -0.3 is 0 Å². The number of aliphatic imine (C=N–C) groups is 1. The maximum absolute atomic E-state index is 10.2. The first-order valence-electron chi connectivity index (χ1n) is 3.91. The molecule has 0 saturated heterocycles. The van der Waals surface area contributed by atoms with E-state index in [1.54, 1.807) is 6.08 Å². The molecule has 0 aliphatic rings. The molecule has 2 nitrogen and oxygen atoms in total. The summed E-state index contributed by atoms with van der Waals surface area (Å²) in [6.45, 7) is 3.78. The van der Waals surface area contributed by atoms with Crippen LogP contribution in [0.1, 0.15) is 19.4 Å². The van der Waals surface area contributed by atoms with Crippen LogP contribution in [-0.4, -0.2) is 6.08 Å². The van der Waals surface area contributed by atoms with Crippen LogP contribution in [0, 0.1) is 3.57 Å². The first-order valence-corrected chi connectivity index (χ1v) is 4.99. The molecule has 0 aliphatic carbocycles. The van der Waals surface area contributed by atoms with E-state index >= 15 is 0 Å². The Labute approximate surface area is 91.2 Å². The van der Waals surface area contributed by atoms with E-state index in [0.717, 1.165) is 5.56 Å². The average molecular weight is 287 g/mol. The fourth-order valence-corrected chi connectivity index (χ4v) is 1.40. The molecule has 13 heavy (non-hydrogen) atoms. The van der Waals surface area contributed by atoms with E-state index in [2.05, 4.69) is 27.6 Å². The van der Waals surface area contributed by atoms with Gasteiger partial charge in [-0.15, -0.1) is 0 Å². The molecule has 0 aromatic heterocycles. The van der Waals surface area contributed by atoms with Crippen molar-refractivity contribution in [2.24, 2.45) is 4.99 Å². The summed E-state index contributed by atoms with van der Waals surface area (Å²) in [5, 5.41) is 0. The number of halogens is 1. The molecule has 1 rings (SSSR count). The zero-order valence-corrected chi connectivity index (χ0v) is 9.70. The number of hydrogen-bond donors (Lipinski definition) is 0. The van der Waals surface area contributed by atoms with Crippen LogP contribution in [0.5, 0.6) is 0 Å². The maximum Gasteiger partial charge on any atom is 0.235 e. The van der Waals surface area contributed by atoms with Gasteiger partial charge in [0.1, 0.15) is 0 Å². The summed E-state index contributed by atoms with van der Waals surface area (Å²) in [6.07, 6.45) is 1.59. The predicted octanol–water partition coefficient (Wildman–Crippen LogP) is 2.86. The highest BCUT2D eigenvalue weighted by atomic mass is 127. The molecule has 0 unspecified atom stereocenters. The summed E-state index contributed by atoms with van der Waals surface area (Å²) >= 11 is 2.24. The number of isocyanates is 1. The van der Waals surface area contributed by atoms with Crippen LogP contribution in [0.25, 0.3) is 0 Å². The maximum atomic E-state index is 10.2. The van der Waals surface area contributed by atoms with Gasteiger partial charge in [-0.05, 0) is 54.1 Å². The van der Waals surface area contributed by atoms with E-state index in [4.69, 9.17) is 0 Å². The van der Waals surface area contributed by atoms with Gasteiger partial charge in [0, 0.05) is 3.57 Å². The molecule has 0 aliphatic heterocycles.